The number of fused-ring (bicyclic) bond motifs is 3. The molecule has 0 saturated heterocycles. The minimum atomic E-state index is -5.91. The third kappa shape index (κ3) is 2.60. The Morgan fingerprint density at radius 1 is 1.24 bits per heavy atom. The smallest absolute Gasteiger partial charge is 0.374 e. The molecule has 7 nitrogen and oxygen atoms in total. The lowest BCUT2D eigenvalue weighted by Gasteiger charge is -2.34. The number of rotatable bonds is 2. The lowest BCUT2D eigenvalue weighted by molar-refractivity contribution is -0.0499. The molecule has 12 heteroatoms. The summed E-state index contributed by atoms with van der Waals surface area (Å²) in [5, 5.41) is 10.6. The van der Waals surface area contributed by atoms with Crippen molar-refractivity contribution in [1.82, 2.24) is 14.8 Å². The molecule has 1 aromatic heterocycles. The highest BCUT2D eigenvalue weighted by molar-refractivity contribution is 7.88. The van der Waals surface area contributed by atoms with E-state index in [9.17, 15) is 26.0 Å². The first kappa shape index (κ1) is 17.5. The normalized spacial score (nSPS) is 16.0. The van der Waals surface area contributed by atoms with Gasteiger partial charge in [0.1, 0.15) is 23.0 Å². The number of alkyl halides is 3. The molecule has 0 unspecified atom stereocenters. The van der Waals surface area contributed by atoms with Gasteiger partial charge in [-0.05, 0) is 32.9 Å². The van der Waals surface area contributed by atoms with Gasteiger partial charge < -0.3 is 9.50 Å². The van der Waals surface area contributed by atoms with Crippen molar-refractivity contribution < 1.29 is 30.2 Å². The van der Waals surface area contributed by atoms with Crippen molar-refractivity contribution in [3.05, 3.63) is 29.6 Å². The summed E-state index contributed by atoms with van der Waals surface area (Å²) in [5.41, 5.74) is -7.04. The summed E-state index contributed by atoms with van der Waals surface area (Å²) in [6.45, 7) is 4.78. The first-order valence-corrected chi connectivity index (χ1v) is 8.30. The fourth-order valence-corrected chi connectivity index (χ4v) is 2.99. The van der Waals surface area contributed by atoms with Crippen molar-refractivity contribution in [3.63, 3.8) is 0 Å². The Kier molecular flexibility index (Phi) is 3.54. The highest BCUT2D eigenvalue weighted by atomic mass is 32.2. The van der Waals surface area contributed by atoms with E-state index >= 15 is 0 Å². The van der Waals surface area contributed by atoms with E-state index in [0.29, 0.717) is 5.82 Å². The first-order valence-electron chi connectivity index (χ1n) is 6.89. The molecule has 0 amide bonds. The fraction of sp³-hybridized carbons (Fsp3) is 0.385. The van der Waals surface area contributed by atoms with Gasteiger partial charge in [-0.2, -0.15) is 21.6 Å². The maximum Gasteiger partial charge on any atom is 0.534 e. The molecule has 0 bridgehead atoms. The third-order valence-corrected chi connectivity index (χ3v) is 4.58. The molecule has 1 N–H and O–H groups in total. The summed E-state index contributed by atoms with van der Waals surface area (Å²) >= 11 is 0. The summed E-state index contributed by atoms with van der Waals surface area (Å²) in [4.78, 5) is 0. The zero-order chi connectivity index (χ0) is 18.8. The Morgan fingerprint density at radius 2 is 1.88 bits per heavy atom. The first-order chi connectivity index (χ1) is 11.3. The Balaban J connectivity index is 2.25. The van der Waals surface area contributed by atoms with Crippen LogP contribution in [-0.2, 0) is 15.7 Å². The second-order valence-electron chi connectivity index (χ2n) is 5.91. The predicted molar refractivity (Wildman–Crippen MR) is 78.3 cm³/mol. The van der Waals surface area contributed by atoms with Crippen LogP contribution in [0, 0.1) is 12.7 Å². The van der Waals surface area contributed by atoms with Gasteiger partial charge in [0.15, 0.2) is 11.6 Å². The van der Waals surface area contributed by atoms with E-state index < -0.39 is 32.7 Å². The van der Waals surface area contributed by atoms with E-state index in [1.807, 2.05) is 0 Å². The SMILES string of the molecule is Cc1nnc2n1-c1c(F)ccc(OS(=O)(=O)C(F)(F)F)c1NC2(C)C. The van der Waals surface area contributed by atoms with E-state index in [-0.39, 0.29) is 17.2 Å². The van der Waals surface area contributed by atoms with Gasteiger partial charge in [0, 0.05) is 0 Å². The van der Waals surface area contributed by atoms with Gasteiger partial charge in [0.2, 0.25) is 0 Å². The second-order valence-corrected chi connectivity index (χ2v) is 7.45. The largest absolute Gasteiger partial charge is 0.534 e. The molecular formula is C13H12F4N4O3S. The molecule has 1 aliphatic rings. The van der Waals surface area contributed by atoms with Crippen molar-refractivity contribution in [2.75, 3.05) is 5.32 Å². The van der Waals surface area contributed by atoms with Gasteiger partial charge in [-0.25, -0.2) is 4.39 Å². The fourth-order valence-electron chi connectivity index (χ4n) is 2.52. The van der Waals surface area contributed by atoms with E-state index in [4.69, 9.17) is 0 Å². The Labute approximate surface area is 139 Å². The molecule has 0 saturated carbocycles. The van der Waals surface area contributed by atoms with Gasteiger partial charge in [-0.3, -0.25) is 4.57 Å². The standard InChI is InChI=1S/C13H12F4N4O3S/c1-6-19-20-11-12(2,3)18-9-8(24-25(22,23)13(15,16)17)5-4-7(14)10(9)21(6)11/h4-5,18H,1-3H3. The van der Waals surface area contributed by atoms with Crippen LogP contribution in [0.1, 0.15) is 25.5 Å². The number of nitrogens with zero attached hydrogens (tertiary/aromatic N) is 3. The molecular weight excluding hydrogens is 368 g/mol. The number of halogens is 4. The van der Waals surface area contributed by atoms with E-state index in [2.05, 4.69) is 19.7 Å². The van der Waals surface area contributed by atoms with Crippen LogP contribution in [0.2, 0.25) is 0 Å². The molecule has 25 heavy (non-hydrogen) atoms. The molecule has 1 aliphatic heterocycles. The molecule has 2 aromatic rings. The van der Waals surface area contributed by atoms with Gasteiger partial charge in [0.25, 0.3) is 0 Å². The van der Waals surface area contributed by atoms with Crippen LogP contribution >= 0.6 is 0 Å². The van der Waals surface area contributed by atoms with Crippen LogP contribution in [0.3, 0.4) is 0 Å². The van der Waals surface area contributed by atoms with Gasteiger partial charge in [0.05, 0.1) is 5.54 Å². The van der Waals surface area contributed by atoms with Crippen LogP contribution < -0.4 is 9.50 Å². The minimum absolute atomic E-state index is 0.216. The van der Waals surface area contributed by atoms with E-state index in [1.165, 1.54) is 11.5 Å². The van der Waals surface area contributed by atoms with Crippen LogP contribution in [-0.4, -0.2) is 28.7 Å². The van der Waals surface area contributed by atoms with E-state index in [0.717, 1.165) is 12.1 Å². The Morgan fingerprint density at radius 3 is 2.48 bits per heavy atom. The average Bonchev–Trinajstić information content (AvgIpc) is 2.83. The monoisotopic (exact) mass is 380 g/mol. The average molecular weight is 380 g/mol. The molecule has 0 atom stereocenters. The molecule has 0 fully saturated rings. The van der Waals surface area contributed by atoms with Crippen LogP contribution in [0.25, 0.3) is 5.69 Å². The molecule has 0 spiro atoms. The van der Waals surface area contributed by atoms with Crippen molar-refractivity contribution in [1.29, 1.82) is 0 Å². The van der Waals surface area contributed by atoms with Gasteiger partial charge in [-0.1, -0.05) is 0 Å². The molecule has 1 aromatic carbocycles. The molecule has 2 heterocycles. The lowest BCUT2D eigenvalue weighted by atomic mass is 9.99. The number of benzene rings is 1. The zero-order valence-corrected chi connectivity index (χ0v) is 14.0. The van der Waals surface area contributed by atoms with Crippen LogP contribution in [0.4, 0.5) is 23.2 Å². The number of anilines is 1. The molecule has 0 radical (unpaired) electrons. The van der Waals surface area contributed by atoms with E-state index in [1.54, 1.807) is 13.8 Å². The Hall–Kier alpha value is -2.37. The van der Waals surface area contributed by atoms with Crippen molar-refractivity contribution in [2.24, 2.45) is 0 Å². The highest BCUT2D eigenvalue weighted by Gasteiger charge is 2.49. The maximum atomic E-state index is 14.4. The van der Waals surface area contributed by atoms with Crippen LogP contribution in [0.15, 0.2) is 12.1 Å². The topological polar surface area (TPSA) is 86.1 Å². The van der Waals surface area contributed by atoms with Crippen molar-refractivity contribution in [3.8, 4) is 11.4 Å². The van der Waals surface area contributed by atoms with Crippen molar-refractivity contribution in [2.45, 2.75) is 31.8 Å². The van der Waals surface area contributed by atoms with Crippen molar-refractivity contribution >= 4 is 15.8 Å². The zero-order valence-electron chi connectivity index (χ0n) is 13.1. The predicted octanol–water partition coefficient (Wildman–Crippen LogP) is 2.60. The number of nitrogens with one attached hydrogen (secondary N) is 1. The third-order valence-electron chi connectivity index (χ3n) is 3.62. The second kappa shape index (κ2) is 5.07. The number of hydrogen-bond donors (Lipinski definition) is 1. The van der Waals surface area contributed by atoms with Gasteiger partial charge in [-0.15, -0.1) is 10.2 Å². The summed E-state index contributed by atoms with van der Waals surface area (Å²) in [5.74, 6) is -0.896. The molecule has 0 aliphatic carbocycles. The number of aromatic nitrogens is 3. The number of aryl methyl sites for hydroxylation is 1. The highest BCUT2D eigenvalue weighted by Crippen LogP contribution is 2.44. The Bertz CT molecular complexity index is 966. The number of hydrogen-bond acceptors (Lipinski definition) is 6. The lowest BCUT2D eigenvalue weighted by Crippen LogP contribution is -2.37. The maximum absolute atomic E-state index is 14.4. The summed E-state index contributed by atoms with van der Waals surface area (Å²) in [6, 6.07) is 1.62. The van der Waals surface area contributed by atoms with Gasteiger partial charge >= 0.3 is 15.6 Å². The molecule has 136 valence electrons. The molecule has 3 rings (SSSR count). The quantitative estimate of drug-likeness (QED) is 0.490. The van der Waals surface area contributed by atoms with Crippen LogP contribution in [0.5, 0.6) is 5.75 Å². The minimum Gasteiger partial charge on any atom is -0.374 e. The summed E-state index contributed by atoms with van der Waals surface area (Å²) < 4.78 is 80.3. The summed E-state index contributed by atoms with van der Waals surface area (Å²) in [6.07, 6.45) is 0. The summed E-state index contributed by atoms with van der Waals surface area (Å²) in [7, 11) is -5.91.